The molecule has 0 bridgehead atoms. The van der Waals surface area contributed by atoms with Crippen LogP contribution in [-0.4, -0.2) is 49.1 Å². The summed E-state index contributed by atoms with van der Waals surface area (Å²) in [5.41, 5.74) is -0.00704. The molecule has 1 spiro atoms. The Morgan fingerprint density at radius 3 is 2.50 bits per heavy atom. The van der Waals surface area contributed by atoms with Crippen LogP contribution in [0.15, 0.2) is 24.3 Å². The van der Waals surface area contributed by atoms with Crippen molar-refractivity contribution in [2.75, 3.05) is 26.2 Å². The number of hydrogen-bond acceptors (Lipinski definition) is 5. The summed E-state index contributed by atoms with van der Waals surface area (Å²) >= 11 is 0. The number of para-hydroxylation sites is 2. The number of imide groups is 1. The van der Waals surface area contributed by atoms with Crippen LogP contribution in [0.4, 0.5) is 0 Å². The molecule has 4 rings (SSSR count). The van der Waals surface area contributed by atoms with E-state index in [0.717, 1.165) is 63.1 Å². The number of rotatable bonds is 7. The molecule has 28 heavy (non-hydrogen) atoms. The summed E-state index contributed by atoms with van der Waals surface area (Å²) in [7, 11) is 0. The Kier molecular flexibility index (Phi) is 5.85. The largest absolute Gasteiger partial charge is 0.486 e. The molecule has 2 amide bonds. The van der Waals surface area contributed by atoms with E-state index in [1.165, 1.54) is 4.90 Å². The molecular formula is C22H30N2O4. The molecule has 3 aliphatic rings. The lowest BCUT2D eigenvalue weighted by atomic mass is 9.76. The van der Waals surface area contributed by atoms with Crippen LogP contribution in [0.2, 0.25) is 0 Å². The van der Waals surface area contributed by atoms with Crippen LogP contribution in [0.1, 0.15) is 51.4 Å². The Balaban J connectivity index is 1.12. The molecule has 6 heteroatoms. The fraction of sp³-hybridized carbons (Fsp3) is 0.636. The van der Waals surface area contributed by atoms with E-state index in [1.807, 2.05) is 24.3 Å². The number of nitrogens with zero attached hydrogens (tertiary/aromatic N) is 1. The van der Waals surface area contributed by atoms with Crippen molar-refractivity contribution in [1.82, 2.24) is 10.2 Å². The molecule has 1 aliphatic carbocycles. The minimum atomic E-state index is -0.00704. The first-order valence-electron chi connectivity index (χ1n) is 10.6. The summed E-state index contributed by atoms with van der Waals surface area (Å²) in [6, 6.07) is 7.71. The molecule has 0 radical (unpaired) electrons. The number of fused-ring (bicyclic) bond motifs is 1. The normalized spacial score (nSPS) is 23.4. The maximum Gasteiger partial charge on any atom is 0.229 e. The zero-order valence-electron chi connectivity index (χ0n) is 16.5. The van der Waals surface area contributed by atoms with Crippen molar-refractivity contribution >= 4 is 11.8 Å². The van der Waals surface area contributed by atoms with E-state index >= 15 is 0 Å². The highest BCUT2D eigenvalue weighted by Gasteiger charge is 2.44. The average Bonchev–Trinajstić information content (AvgIpc) is 3.13. The van der Waals surface area contributed by atoms with Crippen molar-refractivity contribution < 1.29 is 19.1 Å². The van der Waals surface area contributed by atoms with Crippen LogP contribution in [0.25, 0.3) is 0 Å². The van der Waals surface area contributed by atoms with Gasteiger partial charge in [0.2, 0.25) is 11.8 Å². The van der Waals surface area contributed by atoms with Crippen molar-refractivity contribution in [3.63, 3.8) is 0 Å². The topological polar surface area (TPSA) is 67.9 Å². The minimum absolute atomic E-state index is 0.00255. The Morgan fingerprint density at radius 1 is 1.04 bits per heavy atom. The van der Waals surface area contributed by atoms with Crippen LogP contribution in [0.5, 0.6) is 11.5 Å². The lowest BCUT2D eigenvalue weighted by Gasteiger charge is -2.37. The van der Waals surface area contributed by atoms with Crippen LogP contribution >= 0.6 is 0 Å². The highest BCUT2D eigenvalue weighted by atomic mass is 16.6. The van der Waals surface area contributed by atoms with Gasteiger partial charge in [-0.15, -0.1) is 0 Å². The monoisotopic (exact) mass is 386 g/mol. The third-order valence-electron chi connectivity index (χ3n) is 6.24. The number of piperidine rings is 1. The number of hydrogen-bond donors (Lipinski definition) is 1. The number of likely N-dealkylation sites (tertiary alicyclic amines) is 1. The Labute approximate surface area is 166 Å². The first-order chi connectivity index (χ1) is 13.7. The van der Waals surface area contributed by atoms with Gasteiger partial charge in [0.1, 0.15) is 12.7 Å². The van der Waals surface area contributed by atoms with Crippen LogP contribution in [0.3, 0.4) is 0 Å². The fourth-order valence-corrected chi connectivity index (χ4v) is 4.71. The molecule has 2 heterocycles. The summed E-state index contributed by atoms with van der Waals surface area (Å²) in [5.74, 6) is 1.67. The molecule has 1 aromatic rings. The number of carbonyl (C=O) groups excluding carboxylic acids is 2. The van der Waals surface area contributed by atoms with E-state index in [9.17, 15) is 9.59 Å². The average molecular weight is 386 g/mol. The zero-order chi connectivity index (χ0) is 19.4. The van der Waals surface area contributed by atoms with Crippen LogP contribution < -0.4 is 14.8 Å². The van der Waals surface area contributed by atoms with E-state index in [4.69, 9.17) is 9.47 Å². The second-order valence-electron chi connectivity index (χ2n) is 8.41. The van der Waals surface area contributed by atoms with Gasteiger partial charge in [-0.2, -0.15) is 0 Å². The van der Waals surface area contributed by atoms with Crippen LogP contribution in [0, 0.1) is 5.41 Å². The molecule has 152 valence electrons. The molecule has 1 saturated carbocycles. The van der Waals surface area contributed by atoms with Gasteiger partial charge in [0.05, 0.1) is 0 Å². The quantitative estimate of drug-likeness (QED) is 0.576. The number of unbranched alkanes of at least 4 members (excludes halogenated alkanes) is 1. The first-order valence-corrected chi connectivity index (χ1v) is 10.6. The van der Waals surface area contributed by atoms with E-state index in [1.54, 1.807) is 0 Å². The van der Waals surface area contributed by atoms with E-state index in [2.05, 4.69) is 5.32 Å². The van der Waals surface area contributed by atoms with Gasteiger partial charge in [0.15, 0.2) is 11.5 Å². The SMILES string of the molecule is O=C1CC2(CCCC2)CC(=O)N1CCCCNC[C@H]1COc2ccccc2O1. The maximum atomic E-state index is 12.5. The van der Waals surface area contributed by atoms with Gasteiger partial charge >= 0.3 is 0 Å². The minimum Gasteiger partial charge on any atom is -0.486 e. The van der Waals surface area contributed by atoms with E-state index in [-0.39, 0.29) is 23.3 Å². The molecular weight excluding hydrogens is 356 g/mol. The predicted octanol–water partition coefficient (Wildman–Crippen LogP) is 2.91. The third-order valence-corrected chi connectivity index (χ3v) is 6.24. The molecule has 2 fully saturated rings. The standard InChI is InChI=1S/C22H30N2O4/c25-20-13-22(9-3-4-10-22)14-21(26)24(20)12-6-5-11-23-15-17-16-27-18-7-1-2-8-19(18)28-17/h1-2,7-8,17,23H,3-6,9-16H2/t17-/m0/s1. The second kappa shape index (κ2) is 8.52. The molecule has 1 N–H and O–H groups in total. The van der Waals surface area contributed by atoms with Crippen molar-refractivity contribution in [1.29, 1.82) is 0 Å². The third kappa shape index (κ3) is 4.32. The van der Waals surface area contributed by atoms with Gasteiger partial charge in [0, 0.05) is 25.9 Å². The summed E-state index contributed by atoms with van der Waals surface area (Å²) in [4.78, 5) is 26.4. The van der Waals surface area contributed by atoms with Crippen molar-refractivity contribution in [2.24, 2.45) is 5.41 Å². The zero-order valence-corrected chi connectivity index (χ0v) is 16.5. The predicted molar refractivity (Wildman–Crippen MR) is 105 cm³/mol. The van der Waals surface area contributed by atoms with Gasteiger partial charge in [-0.3, -0.25) is 14.5 Å². The number of carbonyl (C=O) groups is 2. The fourth-order valence-electron chi connectivity index (χ4n) is 4.71. The van der Waals surface area contributed by atoms with Gasteiger partial charge in [-0.25, -0.2) is 0 Å². The van der Waals surface area contributed by atoms with E-state index < -0.39 is 0 Å². The summed E-state index contributed by atoms with van der Waals surface area (Å²) < 4.78 is 11.6. The molecule has 2 aliphatic heterocycles. The van der Waals surface area contributed by atoms with Crippen molar-refractivity contribution in [2.45, 2.75) is 57.5 Å². The van der Waals surface area contributed by atoms with E-state index in [0.29, 0.717) is 26.0 Å². The number of amides is 2. The van der Waals surface area contributed by atoms with Crippen LogP contribution in [-0.2, 0) is 9.59 Å². The lowest BCUT2D eigenvalue weighted by molar-refractivity contribution is -0.153. The molecule has 0 unspecified atom stereocenters. The summed E-state index contributed by atoms with van der Waals surface area (Å²) in [6.07, 6.45) is 7.30. The van der Waals surface area contributed by atoms with Gasteiger partial charge < -0.3 is 14.8 Å². The highest BCUT2D eigenvalue weighted by molar-refractivity contribution is 5.98. The number of nitrogens with one attached hydrogen (secondary N) is 1. The summed E-state index contributed by atoms with van der Waals surface area (Å²) in [6.45, 7) is 2.65. The maximum absolute atomic E-state index is 12.5. The molecule has 1 saturated heterocycles. The molecule has 1 atom stereocenters. The molecule has 1 aromatic carbocycles. The Bertz CT molecular complexity index is 694. The lowest BCUT2D eigenvalue weighted by Crippen LogP contribution is -2.47. The smallest absolute Gasteiger partial charge is 0.229 e. The summed E-state index contributed by atoms with van der Waals surface area (Å²) in [5, 5.41) is 3.39. The van der Waals surface area contributed by atoms with Crippen molar-refractivity contribution in [3.05, 3.63) is 24.3 Å². The molecule has 6 nitrogen and oxygen atoms in total. The van der Waals surface area contributed by atoms with Gasteiger partial charge in [-0.1, -0.05) is 25.0 Å². The van der Waals surface area contributed by atoms with Gasteiger partial charge in [-0.05, 0) is 49.8 Å². The number of ether oxygens (including phenoxy) is 2. The van der Waals surface area contributed by atoms with Gasteiger partial charge in [0.25, 0.3) is 0 Å². The Morgan fingerprint density at radius 2 is 1.75 bits per heavy atom. The Hall–Kier alpha value is -2.08. The highest BCUT2D eigenvalue weighted by Crippen LogP contribution is 2.46. The first kappa shape index (κ1) is 19.2. The second-order valence-corrected chi connectivity index (χ2v) is 8.41. The van der Waals surface area contributed by atoms with Crippen molar-refractivity contribution in [3.8, 4) is 11.5 Å². The number of benzene rings is 1. The molecule has 0 aromatic heterocycles.